The van der Waals surface area contributed by atoms with Crippen molar-refractivity contribution >= 4 is 12.0 Å². The van der Waals surface area contributed by atoms with E-state index in [1.54, 1.807) is 24.1 Å². The Kier molecular flexibility index (Phi) is 7.92. The molecule has 40 heavy (non-hydrogen) atoms. The Labute approximate surface area is 230 Å². The zero-order valence-electron chi connectivity index (χ0n) is 21.9. The van der Waals surface area contributed by atoms with E-state index in [9.17, 15) is 9.90 Å². The van der Waals surface area contributed by atoms with Gasteiger partial charge in [-0.25, -0.2) is 9.67 Å². The van der Waals surface area contributed by atoms with Crippen LogP contribution in [0.2, 0.25) is 0 Å². The van der Waals surface area contributed by atoms with Crippen molar-refractivity contribution in [3.63, 3.8) is 0 Å². The average molecular weight is 537 g/mol. The van der Waals surface area contributed by atoms with Gasteiger partial charge in [-0.3, -0.25) is 0 Å². The number of nitrogens with zero attached hydrogens (tertiary/aromatic N) is 3. The number of hydrogen-bond acceptors (Lipinski definition) is 8. The summed E-state index contributed by atoms with van der Waals surface area (Å²) in [5.41, 5.74) is 3.70. The smallest absolute Gasteiger partial charge is 0.240 e. The van der Waals surface area contributed by atoms with E-state index in [0.29, 0.717) is 34.4 Å². The van der Waals surface area contributed by atoms with Crippen molar-refractivity contribution in [3.05, 3.63) is 114 Å². The second-order valence-corrected chi connectivity index (χ2v) is 8.77. The number of para-hydroxylation sites is 1. The summed E-state index contributed by atoms with van der Waals surface area (Å²) < 4.78 is 25.0. The normalized spacial score (nSPS) is 11.1. The Morgan fingerprint density at radius 1 is 0.975 bits per heavy atom. The lowest BCUT2D eigenvalue weighted by Gasteiger charge is -2.12. The molecular formula is C31H26N3O6-. The van der Waals surface area contributed by atoms with Crippen LogP contribution in [0.5, 0.6) is 17.4 Å². The molecule has 0 aliphatic carbocycles. The van der Waals surface area contributed by atoms with E-state index >= 15 is 0 Å². The zero-order chi connectivity index (χ0) is 27.9. The lowest BCUT2D eigenvalue weighted by molar-refractivity contribution is -0.297. The van der Waals surface area contributed by atoms with Crippen LogP contribution in [-0.4, -0.2) is 27.8 Å². The zero-order valence-corrected chi connectivity index (χ0v) is 21.9. The molecule has 0 saturated heterocycles. The topological polar surface area (TPSA) is 112 Å². The third-order valence-electron chi connectivity index (χ3n) is 6.01. The third-order valence-corrected chi connectivity index (χ3v) is 6.01. The number of hydrogen-bond donors (Lipinski definition) is 0. The van der Waals surface area contributed by atoms with Gasteiger partial charge in [-0.15, -0.1) is 5.10 Å². The van der Waals surface area contributed by atoms with Crippen molar-refractivity contribution in [2.75, 3.05) is 7.11 Å². The number of rotatable bonds is 11. The first-order valence-corrected chi connectivity index (χ1v) is 12.5. The number of carbonyl (C=O) groups is 1. The largest absolute Gasteiger partial charge is 0.545 e. The summed E-state index contributed by atoms with van der Waals surface area (Å²) in [5.74, 6) is 1.26. The van der Waals surface area contributed by atoms with E-state index in [1.807, 2.05) is 79.7 Å². The van der Waals surface area contributed by atoms with Gasteiger partial charge in [0.1, 0.15) is 24.7 Å². The van der Waals surface area contributed by atoms with Gasteiger partial charge in [0.25, 0.3) is 0 Å². The van der Waals surface area contributed by atoms with Crippen LogP contribution in [-0.2, 0) is 18.0 Å². The summed E-state index contributed by atoms with van der Waals surface area (Å²) in [6, 6.07) is 24.6. The molecule has 0 aliphatic heterocycles. The number of aliphatic carboxylic acids is 1. The molecule has 202 valence electrons. The van der Waals surface area contributed by atoms with Crippen molar-refractivity contribution in [1.29, 1.82) is 0 Å². The predicted octanol–water partition coefficient (Wildman–Crippen LogP) is 4.77. The van der Waals surface area contributed by atoms with Gasteiger partial charge in [-0.1, -0.05) is 42.5 Å². The van der Waals surface area contributed by atoms with Crippen molar-refractivity contribution in [2.24, 2.45) is 0 Å². The van der Waals surface area contributed by atoms with E-state index in [4.69, 9.17) is 18.6 Å². The molecule has 0 fully saturated rings. The molecule has 0 radical (unpaired) electrons. The molecule has 0 unspecified atom stereocenters. The molecular weight excluding hydrogens is 510 g/mol. The fraction of sp³-hybridized carbons (Fsp3) is 0.129. The summed E-state index contributed by atoms with van der Waals surface area (Å²) in [7, 11) is 1.56. The second-order valence-electron chi connectivity index (χ2n) is 8.77. The van der Waals surface area contributed by atoms with Crippen molar-refractivity contribution in [3.8, 4) is 34.5 Å². The molecule has 9 heteroatoms. The van der Waals surface area contributed by atoms with Crippen LogP contribution >= 0.6 is 0 Å². The van der Waals surface area contributed by atoms with Gasteiger partial charge in [0.05, 0.1) is 24.3 Å². The molecule has 5 rings (SSSR count). The number of aromatic nitrogens is 3. The number of carboxylic acid groups (broad SMARTS) is 1. The van der Waals surface area contributed by atoms with Gasteiger partial charge < -0.3 is 28.5 Å². The molecule has 9 nitrogen and oxygen atoms in total. The van der Waals surface area contributed by atoms with E-state index in [1.165, 1.54) is 6.08 Å². The average Bonchev–Trinajstić information content (AvgIpc) is 3.58. The number of ether oxygens (including phenoxy) is 3. The first-order valence-electron chi connectivity index (χ1n) is 12.5. The Balaban J connectivity index is 1.29. The number of methoxy groups -OCH3 is 1. The number of carboxylic acids is 1. The number of aryl methyl sites for hydroxylation is 1. The maximum Gasteiger partial charge on any atom is 0.240 e. The molecule has 3 aromatic carbocycles. The maximum absolute atomic E-state index is 11.0. The van der Waals surface area contributed by atoms with Crippen LogP contribution in [0.15, 0.2) is 95.6 Å². The Morgan fingerprint density at radius 3 is 2.45 bits per heavy atom. The molecule has 0 bridgehead atoms. The van der Waals surface area contributed by atoms with Crippen molar-refractivity contribution < 1.29 is 28.5 Å². The molecule has 0 saturated carbocycles. The third kappa shape index (κ3) is 6.21. The maximum atomic E-state index is 11.0. The van der Waals surface area contributed by atoms with Crippen LogP contribution in [0.3, 0.4) is 0 Å². The number of oxazole rings is 1. The minimum atomic E-state index is -1.31. The van der Waals surface area contributed by atoms with Crippen LogP contribution in [0.25, 0.3) is 23.2 Å². The van der Waals surface area contributed by atoms with Gasteiger partial charge >= 0.3 is 0 Å². The molecule has 0 N–H and O–H groups in total. The van der Waals surface area contributed by atoms with Crippen LogP contribution in [0.1, 0.15) is 22.6 Å². The lowest BCUT2D eigenvalue weighted by atomic mass is 10.2. The van der Waals surface area contributed by atoms with E-state index < -0.39 is 5.97 Å². The van der Waals surface area contributed by atoms with Crippen LogP contribution < -0.4 is 19.3 Å². The molecule has 2 heterocycles. The summed E-state index contributed by atoms with van der Waals surface area (Å²) in [5, 5.41) is 15.5. The molecule has 5 aromatic rings. The highest BCUT2D eigenvalue weighted by molar-refractivity contribution is 5.84. The Morgan fingerprint density at radius 2 is 1.73 bits per heavy atom. The van der Waals surface area contributed by atoms with Crippen LogP contribution in [0, 0.1) is 6.92 Å². The quantitative estimate of drug-likeness (QED) is 0.222. The van der Waals surface area contributed by atoms with Crippen LogP contribution in [0.4, 0.5) is 0 Å². The first-order chi connectivity index (χ1) is 19.5. The summed E-state index contributed by atoms with van der Waals surface area (Å²) in [6.07, 6.45) is 4.02. The molecule has 0 amide bonds. The summed E-state index contributed by atoms with van der Waals surface area (Å²) in [6.45, 7) is 2.22. The van der Waals surface area contributed by atoms with E-state index in [2.05, 4.69) is 10.1 Å². The van der Waals surface area contributed by atoms with Gasteiger partial charge in [0.15, 0.2) is 11.5 Å². The lowest BCUT2D eigenvalue weighted by Crippen LogP contribution is -2.18. The fourth-order valence-electron chi connectivity index (χ4n) is 3.95. The highest BCUT2D eigenvalue weighted by Crippen LogP contribution is 2.31. The Hall–Kier alpha value is -5.31. The molecule has 0 aliphatic rings. The molecule has 0 atom stereocenters. The van der Waals surface area contributed by atoms with Crippen molar-refractivity contribution in [2.45, 2.75) is 20.1 Å². The Bertz CT molecular complexity index is 1620. The predicted molar refractivity (Wildman–Crippen MR) is 146 cm³/mol. The second kappa shape index (κ2) is 12.0. The first kappa shape index (κ1) is 26.3. The van der Waals surface area contributed by atoms with Gasteiger partial charge in [-0.05, 0) is 61.0 Å². The van der Waals surface area contributed by atoms with Gasteiger partial charge in [0.2, 0.25) is 11.8 Å². The minimum Gasteiger partial charge on any atom is -0.545 e. The summed E-state index contributed by atoms with van der Waals surface area (Å²) >= 11 is 0. The molecule has 0 spiro atoms. The number of carbonyl (C=O) groups excluding carboxylic acids is 1. The monoisotopic (exact) mass is 536 g/mol. The minimum absolute atomic E-state index is 0.164. The molecule has 2 aromatic heterocycles. The highest BCUT2D eigenvalue weighted by Gasteiger charge is 2.15. The SMILES string of the molecule is COc1cc(COc2nn(-c3ccccc3)cc2/C=C/C(=O)[O-])ccc1OCc1nc(-c2ccccc2)oc1C. The van der Waals surface area contributed by atoms with E-state index in [0.717, 1.165) is 22.9 Å². The van der Waals surface area contributed by atoms with Gasteiger partial charge in [0, 0.05) is 11.8 Å². The highest BCUT2D eigenvalue weighted by atomic mass is 16.5. The fourth-order valence-corrected chi connectivity index (χ4v) is 3.95. The van der Waals surface area contributed by atoms with E-state index in [-0.39, 0.29) is 19.1 Å². The van der Waals surface area contributed by atoms with Crippen molar-refractivity contribution in [1.82, 2.24) is 14.8 Å². The standard InChI is InChI=1S/C31H27N3O6/c1-21-26(32-30(40-21)23-9-5-3-6-10-23)20-38-27-15-13-22(17-28(27)37-2)19-39-31-24(14-16-29(35)36)18-34(33-31)25-11-7-4-8-12-25/h3-18H,19-20H2,1-2H3,(H,35,36)/p-1/b16-14+. The van der Waals surface area contributed by atoms with Gasteiger partial charge in [-0.2, -0.15) is 0 Å². The summed E-state index contributed by atoms with van der Waals surface area (Å²) in [4.78, 5) is 15.6. The number of benzene rings is 3.